The summed E-state index contributed by atoms with van der Waals surface area (Å²) in [5.41, 5.74) is -0.203. The summed E-state index contributed by atoms with van der Waals surface area (Å²) < 4.78 is 47.5. The molecule has 30 heavy (non-hydrogen) atoms. The first-order chi connectivity index (χ1) is 13.9. The molecule has 0 spiro atoms. The summed E-state index contributed by atoms with van der Waals surface area (Å²) in [5.74, 6) is -1.02. The van der Waals surface area contributed by atoms with E-state index < -0.39 is 18.1 Å². The standard InChI is InChI=1S/C21H27F3N2O4/c1-13-12-25(9-10-26(13)19(28)30-20(2,3)4)18(27)16-11-15(16)14-7-5-6-8-17(14)29-21(22,23)24/h5-8,13,15-16H,9-12H2,1-4H3/t13-,15+,16+/m1/s1. The zero-order chi connectivity index (χ0) is 22.3. The number of ether oxygens (including phenoxy) is 2. The predicted octanol–water partition coefficient (Wildman–Crippen LogP) is 4.16. The average Bonchev–Trinajstić information content (AvgIpc) is 3.39. The van der Waals surface area contributed by atoms with Crippen molar-refractivity contribution < 1.29 is 32.2 Å². The molecule has 6 nitrogen and oxygen atoms in total. The number of halogens is 3. The quantitative estimate of drug-likeness (QED) is 0.726. The Hall–Kier alpha value is -2.45. The normalized spacial score (nSPS) is 24.4. The van der Waals surface area contributed by atoms with Gasteiger partial charge in [0.2, 0.25) is 5.91 Å². The number of para-hydroxylation sites is 1. The lowest BCUT2D eigenvalue weighted by Crippen LogP contribution is -2.56. The van der Waals surface area contributed by atoms with Crippen molar-refractivity contribution in [3.8, 4) is 5.75 Å². The van der Waals surface area contributed by atoms with Gasteiger partial charge in [-0.15, -0.1) is 13.2 Å². The Morgan fingerprint density at radius 2 is 1.77 bits per heavy atom. The highest BCUT2D eigenvalue weighted by Crippen LogP contribution is 2.51. The van der Waals surface area contributed by atoms with Gasteiger partial charge in [-0.1, -0.05) is 18.2 Å². The van der Waals surface area contributed by atoms with Crippen molar-refractivity contribution >= 4 is 12.0 Å². The number of hydrogen-bond acceptors (Lipinski definition) is 4. The molecule has 1 heterocycles. The summed E-state index contributed by atoms with van der Waals surface area (Å²) in [7, 11) is 0. The summed E-state index contributed by atoms with van der Waals surface area (Å²) in [6, 6.07) is 5.74. The summed E-state index contributed by atoms with van der Waals surface area (Å²) in [5, 5.41) is 0. The second-order valence-corrected chi connectivity index (χ2v) is 8.84. The number of carbonyl (C=O) groups is 2. The van der Waals surface area contributed by atoms with E-state index in [1.807, 2.05) is 6.92 Å². The van der Waals surface area contributed by atoms with Crippen molar-refractivity contribution in [3.05, 3.63) is 29.8 Å². The Bertz CT molecular complexity index is 806. The van der Waals surface area contributed by atoms with Crippen LogP contribution >= 0.6 is 0 Å². The number of alkyl halides is 3. The van der Waals surface area contributed by atoms with Crippen LogP contribution in [0.15, 0.2) is 24.3 Å². The van der Waals surface area contributed by atoms with Gasteiger partial charge >= 0.3 is 12.5 Å². The molecule has 0 bridgehead atoms. The van der Waals surface area contributed by atoms with Crippen molar-refractivity contribution in [1.29, 1.82) is 0 Å². The molecule has 1 saturated heterocycles. The number of carbonyl (C=O) groups excluding carboxylic acids is 2. The first kappa shape index (κ1) is 22.2. The lowest BCUT2D eigenvalue weighted by atomic mass is 10.1. The molecule has 0 aromatic heterocycles. The third-order valence-corrected chi connectivity index (χ3v) is 5.22. The van der Waals surface area contributed by atoms with Crippen LogP contribution in [0, 0.1) is 5.92 Å². The van der Waals surface area contributed by atoms with Crippen LogP contribution in [-0.2, 0) is 9.53 Å². The van der Waals surface area contributed by atoms with E-state index in [9.17, 15) is 22.8 Å². The van der Waals surface area contributed by atoms with E-state index >= 15 is 0 Å². The van der Waals surface area contributed by atoms with E-state index in [-0.39, 0.29) is 29.5 Å². The second-order valence-electron chi connectivity index (χ2n) is 8.84. The van der Waals surface area contributed by atoms with Crippen molar-refractivity contribution in [2.45, 2.75) is 58.0 Å². The van der Waals surface area contributed by atoms with Crippen molar-refractivity contribution in [2.24, 2.45) is 5.92 Å². The van der Waals surface area contributed by atoms with Crippen LogP contribution in [-0.4, -0.2) is 59.4 Å². The molecule has 2 amide bonds. The van der Waals surface area contributed by atoms with Crippen LogP contribution in [0.3, 0.4) is 0 Å². The number of nitrogens with zero attached hydrogens (tertiary/aromatic N) is 2. The predicted molar refractivity (Wildman–Crippen MR) is 103 cm³/mol. The van der Waals surface area contributed by atoms with E-state index in [1.54, 1.807) is 42.7 Å². The van der Waals surface area contributed by atoms with Crippen molar-refractivity contribution in [2.75, 3.05) is 19.6 Å². The minimum absolute atomic E-state index is 0.0995. The fourth-order valence-electron chi connectivity index (χ4n) is 3.80. The maximum Gasteiger partial charge on any atom is 0.573 e. The van der Waals surface area contributed by atoms with Gasteiger partial charge in [0, 0.05) is 31.6 Å². The van der Waals surface area contributed by atoms with Crippen molar-refractivity contribution in [3.63, 3.8) is 0 Å². The van der Waals surface area contributed by atoms with Gasteiger partial charge in [-0.3, -0.25) is 4.79 Å². The highest BCUT2D eigenvalue weighted by Gasteiger charge is 2.48. The van der Waals surface area contributed by atoms with Gasteiger partial charge in [0.25, 0.3) is 0 Å². The van der Waals surface area contributed by atoms with Crippen LogP contribution in [0.5, 0.6) is 5.75 Å². The van der Waals surface area contributed by atoms with Gasteiger partial charge in [-0.25, -0.2) is 4.79 Å². The molecule has 1 saturated carbocycles. The molecule has 1 aliphatic heterocycles. The highest BCUT2D eigenvalue weighted by molar-refractivity contribution is 5.83. The molecule has 1 aromatic rings. The number of amides is 2. The van der Waals surface area contributed by atoms with Gasteiger partial charge in [-0.2, -0.15) is 0 Å². The molecule has 1 aromatic carbocycles. The molecule has 0 radical (unpaired) electrons. The van der Waals surface area contributed by atoms with E-state index in [2.05, 4.69) is 4.74 Å². The molecular weight excluding hydrogens is 401 g/mol. The molecule has 166 valence electrons. The molecule has 0 N–H and O–H groups in total. The van der Waals surface area contributed by atoms with E-state index in [4.69, 9.17) is 4.74 Å². The van der Waals surface area contributed by atoms with Crippen LogP contribution in [0.1, 0.15) is 45.6 Å². The maximum absolute atomic E-state index is 12.9. The fourth-order valence-corrected chi connectivity index (χ4v) is 3.80. The summed E-state index contributed by atoms with van der Waals surface area (Å²) in [6.45, 7) is 8.32. The third-order valence-electron chi connectivity index (χ3n) is 5.22. The van der Waals surface area contributed by atoms with Crippen LogP contribution in [0.4, 0.5) is 18.0 Å². The van der Waals surface area contributed by atoms with Crippen molar-refractivity contribution in [1.82, 2.24) is 9.80 Å². The first-order valence-electron chi connectivity index (χ1n) is 9.99. The molecule has 2 fully saturated rings. The van der Waals surface area contributed by atoms with Gasteiger partial charge < -0.3 is 19.3 Å². The largest absolute Gasteiger partial charge is 0.573 e. The molecular formula is C21H27F3N2O4. The van der Waals surface area contributed by atoms with E-state index in [0.717, 1.165) is 0 Å². The maximum atomic E-state index is 12.9. The SMILES string of the molecule is C[C@@H]1CN(C(=O)[C@H]2C[C@H]2c2ccccc2OC(F)(F)F)CCN1C(=O)OC(C)(C)C. The second kappa shape index (κ2) is 8.00. The lowest BCUT2D eigenvalue weighted by molar-refractivity contribution is -0.274. The van der Waals surface area contributed by atoms with E-state index in [1.165, 1.54) is 12.1 Å². The molecule has 1 aliphatic carbocycles. The Balaban J connectivity index is 1.61. The number of rotatable bonds is 3. The van der Waals surface area contributed by atoms with Gasteiger partial charge in [-0.05, 0) is 51.7 Å². The Labute approximate surface area is 173 Å². The minimum atomic E-state index is -4.78. The molecule has 3 rings (SSSR count). The molecule has 0 unspecified atom stereocenters. The molecule has 2 aliphatic rings. The van der Waals surface area contributed by atoms with E-state index in [0.29, 0.717) is 31.6 Å². The van der Waals surface area contributed by atoms with Crippen LogP contribution < -0.4 is 4.74 Å². The smallest absolute Gasteiger partial charge is 0.444 e. The summed E-state index contributed by atoms with van der Waals surface area (Å²) in [6.07, 6.45) is -4.71. The van der Waals surface area contributed by atoms with Gasteiger partial charge in [0.05, 0.1) is 0 Å². The Morgan fingerprint density at radius 1 is 1.10 bits per heavy atom. The number of piperazine rings is 1. The topological polar surface area (TPSA) is 59.1 Å². The third kappa shape index (κ3) is 5.37. The zero-order valence-corrected chi connectivity index (χ0v) is 17.5. The molecule has 3 atom stereocenters. The average molecular weight is 428 g/mol. The van der Waals surface area contributed by atoms with Crippen LogP contribution in [0.25, 0.3) is 0 Å². The highest BCUT2D eigenvalue weighted by atomic mass is 19.4. The van der Waals surface area contributed by atoms with Crippen LogP contribution in [0.2, 0.25) is 0 Å². The van der Waals surface area contributed by atoms with Gasteiger partial charge in [0.1, 0.15) is 11.4 Å². The minimum Gasteiger partial charge on any atom is -0.444 e. The Morgan fingerprint density at radius 3 is 2.37 bits per heavy atom. The monoisotopic (exact) mass is 428 g/mol. The van der Waals surface area contributed by atoms with Gasteiger partial charge in [0.15, 0.2) is 0 Å². The molecule has 9 heteroatoms. The summed E-state index contributed by atoms with van der Waals surface area (Å²) >= 11 is 0. The lowest BCUT2D eigenvalue weighted by Gasteiger charge is -2.40. The summed E-state index contributed by atoms with van der Waals surface area (Å²) in [4.78, 5) is 28.5. The Kier molecular flexibility index (Phi) is 5.93. The fraction of sp³-hybridized carbons (Fsp3) is 0.619. The zero-order valence-electron chi connectivity index (χ0n) is 17.5. The number of benzene rings is 1. The first-order valence-corrected chi connectivity index (χ1v) is 9.99. The number of hydrogen-bond donors (Lipinski definition) is 0.